The molecule has 0 spiro atoms. The Morgan fingerprint density at radius 2 is 1.60 bits per heavy atom. The van der Waals surface area contributed by atoms with Gasteiger partial charge in [0.1, 0.15) is 5.75 Å². The lowest BCUT2D eigenvalue weighted by atomic mass is 9.96. The molecule has 0 unspecified atom stereocenters. The van der Waals surface area contributed by atoms with Gasteiger partial charge in [0.15, 0.2) is 0 Å². The minimum absolute atomic E-state index is 0.217. The first-order valence-corrected chi connectivity index (χ1v) is 7.51. The van der Waals surface area contributed by atoms with E-state index >= 15 is 0 Å². The lowest BCUT2D eigenvalue weighted by Gasteiger charge is -2.21. The number of hydrogen-bond acceptors (Lipinski definition) is 2. The maximum absolute atomic E-state index is 12.0. The second-order valence-electron chi connectivity index (χ2n) is 5.45. The van der Waals surface area contributed by atoms with Crippen molar-refractivity contribution in [2.45, 2.75) is 64.1 Å². The van der Waals surface area contributed by atoms with Crippen LogP contribution < -0.4 is 10.1 Å². The number of rotatable bonds is 5. The summed E-state index contributed by atoms with van der Waals surface area (Å²) >= 11 is 0. The Morgan fingerprint density at radius 3 is 2.20 bits per heavy atom. The highest BCUT2D eigenvalue weighted by molar-refractivity contribution is 5.27. The van der Waals surface area contributed by atoms with Gasteiger partial charge in [0.05, 0.1) is 0 Å². The first kappa shape index (κ1) is 15.2. The normalized spacial score (nSPS) is 17.8. The predicted molar refractivity (Wildman–Crippen MR) is 76.0 cm³/mol. The Balaban J connectivity index is 1.77. The van der Waals surface area contributed by atoms with Gasteiger partial charge in [0.25, 0.3) is 0 Å². The monoisotopic (exact) mass is 283 g/mol. The number of hydrogen-bond donors (Lipinski definition) is 1. The molecule has 20 heavy (non-hydrogen) atoms. The van der Waals surface area contributed by atoms with E-state index in [1.165, 1.54) is 44.9 Å². The summed E-state index contributed by atoms with van der Waals surface area (Å²) in [6.45, 7) is -1.96. The summed E-state index contributed by atoms with van der Waals surface area (Å²) in [6, 6.07) is 7.47. The Labute approximate surface area is 119 Å². The van der Waals surface area contributed by atoms with Gasteiger partial charge >= 0.3 is 6.61 Å². The zero-order valence-corrected chi connectivity index (χ0v) is 11.8. The average Bonchev–Trinajstić information content (AvgIpc) is 2.38. The molecule has 1 aromatic rings. The lowest BCUT2D eigenvalue weighted by molar-refractivity contribution is -0.0498. The Bertz CT molecular complexity index is 373. The zero-order valence-electron chi connectivity index (χ0n) is 11.8. The van der Waals surface area contributed by atoms with Gasteiger partial charge in [-0.25, -0.2) is 0 Å². The van der Waals surface area contributed by atoms with Crippen LogP contribution in [0.1, 0.15) is 50.5 Å². The van der Waals surface area contributed by atoms with Crippen LogP contribution in [0.2, 0.25) is 0 Å². The maximum atomic E-state index is 12.0. The summed E-state index contributed by atoms with van der Waals surface area (Å²) < 4.78 is 28.4. The van der Waals surface area contributed by atoms with Crippen molar-refractivity contribution in [3.63, 3.8) is 0 Å². The Hall–Kier alpha value is -1.16. The molecule has 112 valence electrons. The fourth-order valence-corrected chi connectivity index (χ4v) is 2.71. The summed E-state index contributed by atoms with van der Waals surface area (Å²) in [6.07, 6.45) is 9.16. The highest BCUT2D eigenvalue weighted by atomic mass is 19.3. The molecular formula is C16H23F2NO. The molecule has 1 N–H and O–H groups in total. The van der Waals surface area contributed by atoms with Crippen molar-refractivity contribution >= 4 is 0 Å². The number of nitrogens with one attached hydrogen (secondary N) is 1. The molecule has 0 aromatic heterocycles. The lowest BCUT2D eigenvalue weighted by Crippen LogP contribution is -2.29. The maximum Gasteiger partial charge on any atom is 0.387 e. The van der Waals surface area contributed by atoms with Crippen LogP contribution in [0, 0.1) is 0 Å². The van der Waals surface area contributed by atoms with Gasteiger partial charge in [-0.1, -0.05) is 44.2 Å². The van der Waals surface area contributed by atoms with Crippen LogP contribution in [0.25, 0.3) is 0 Å². The Morgan fingerprint density at radius 1 is 1.00 bits per heavy atom. The topological polar surface area (TPSA) is 21.3 Å². The first-order valence-electron chi connectivity index (χ1n) is 7.51. The van der Waals surface area contributed by atoms with Crippen LogP contribution >= 0.6 is 0 Å². The van der Waals surface area contributed by atoms with Crippen molar-refractivity contribution in [1.82, 2.24) is 5.32 Å². The van der Waals surface area contributed by atoms with Gasteiger partial charge in [-0.2, -0.15) is 8.78 Å². The van der Waals surface area contributed by atoms with E-state index in [2.05, 4.69) is 10.1 Å². The Kier molecular flexibility index (Phi) is 6.25. The van der Waals surface area contributed by atoms with Gasteiger partial charge in [-0.15, -0.1) is 0 Å². The van der Waals surface area contributed by atoms with E-state index in [4.69, 9.17) is 0 Å². The van der Waals surface area contributed by atoms with Crippen LogP contribution in [0.5, 0.6) is 5.75 Å². The largest absolute Gasteiger partial charge is 0.435 e. The molecule has 0 radical (unpaired) electrons. The zero-order chi connectivity index (χ0) is 14.2. The number of ether oxygens (including phenoxy) is 1. The molecule has 0 aliphatic heterocycles. The fraction of sp³-hybridized carbons (Fsp3) is 0.625. The third-order valence-corrected chi connectivity index (χ3v) is 3.85. The van der Waals surface area contributed by atoms with Crippen LogP contribution in [-0.4, -0.2) is 12.7 Å². The van der Waals surface area contributed by atoms with Crippen molar-refractivity contribution < 1.29 is 13.5 Å². The molecular weight excluding hydrogens is 260 g/mol. The molecule has 2 rings (SSSR count). The smallest absolute Gasteiger partial charge is 0.387 e. The molecule has 1 aromatic carbocycles. The van der Waals surface area contributed by atoms with Crippen LogP contribution in [-0.2, 0) is 6.54 Å². The van der Waals surface area contributed by atoms with Gasteiger partial charge in [0.2, 0.25) is 0 Å². The van der Waals surface area contributed by atoms with Crippen molar-refractivity contribution in [2.75, 3.05) is 0 Å². The molecule has 2 nitrogen and oxygen atoms in total. The third kappa shape index (κ3) is 5.45. The summed E-state index contributed by atoms with van der Waals surface area (Å²) in [4.78, 5) is 0. The molecule has 0 amide bonds. The predicted octanol–water partition coefficient (Wildman–Crippen LogP) is 4.49. The van der Waals surface area contributed by atoms with Crippen molar-refractivity contribution in [2.24, 2.45) is 0 Å². The van der Waals surface area contributed by atoms with Crippen LogP contribution in [0.3, 0.4) is 0 Å². The molecule has 1 saturated carbocycles. The molecule has 1 fully saturated rings. The fourth-order valence-electron chi connectivity index (χ4n) is 2.71. The van der Waals surface area contributed by atoms with Crippen molar-refractivity contribution in [3.8, 4) is 5.75 Å². The number of alkyl halides is 2. The molecule has 1 aliphatic carbocycles. The number of benzene rings is 1. The van der Waals surface area contributed by atoms with Gasteiger partial charge in [-0.3, -0.25) is 0 Å². The average molecular weight is 283 g/mol. The van der Waals surface area contributed by atoms with Crippen molar-refractivity contribution in [1.29, 1.82) is 0 Å². The SMILES string of the molecule is FC(F)Oc1ccc(CNC2CCCCCCC2)cc1. The van der Waals surface area contributed by atoms with E-state index in [1.807, 2.05) is 12.1 Å². The van der Waals surface area contributed by atoms with Gasteiger partial charge < -0.3 is 10.1 Å². The molecule has 1 aliphatic rings. The minimum atomic E-state index is -2.76. The van der Waals surface area contributed by atoms with Crippen LogP contribution in [0.4, 0.5) is 8.78 Å². The first-order chi connectivity index (χ1) is 9.74. The second-order valence-corrected chi connectivity index (χ2v) is 5.45. The quantitative estimate of drug-likeness (QED) is 0.859. The van der Waals surface area contributed by atoms with E-state index in [1.54, 1.807) is 12.1 Å². The van der Waals surface area contributed by atoms with E-state index in [0.29, 0.717) is 6.04 Å². The van der Waals surface area contributed by atoms with E-state index in [9.17, 15) is 8.78 Å². The third-order valence-electron chi connectivity index (χ3n) is 3.85. The summed E-state index contributed by atoms with van der Waals surface area (Å²) in [5.41, 5.74) is 1.11. The second kappa shape index (κ2) is 8.20. The highest BCUT2D eigenvalue weighted by Crippen LogP contribution is 2.18. The molecule has 4 heteroatoms. The van der Waals surface area contributed by atoms with E-state index in [0.717, 1.165) is 12.1 Å². The van der Waals surface area contributed by atoms with Gasteiger partial charge in [-0.05, 0) is 30.5 Å². The summed E-state index contributed by atoms with van der Waals surface area (Å²) in [7, 11) is 0. The number of halogens is 2. The minimum Gasteiger partial charge on any atom is -0.435 e. The summed E-state index contributed by atoms with van der Waals surface area (Å²) in [5.74, 6) is 0.217. The molecule has 0 heterocycles. The van der Waals surface area contributed by atoms with Crippen LogP contribution in [0.15, 0.2) is 24.3 Å². The molecule has 0 atom stereocenters. The standard InChI is InChI=1S/C16H23F2NO/c17-16(18)20-15-10-8-13(9-11-15)12-19-14-6-4-2-1-3-5-7-14/h8-11,14,16,19H,1-7,12H2. The van der Waals surface area contributed by atoms with E-state index < -0.39 is 6.61 Å². The highest BCUT2D eigenvalue weighted by Gasteiger charge is 2.10. The molecule has 0 bridgehead atoms. The van der Waals surface area contributed by atoms with E-state index in [-0.39, 0.29) is 5.75 Å². The van der Waals surface area contributed by atoms with Crippen molar-refractivity contribution in [3.05, 3.63) is 29.8 Å². The summed E-state index contributed by atoms with van der Waals surface area (Å²) in [5, 5.41) is 3.58. The van der Waals surface area contributed by atoms with Gasteiger partial charge in [0, 0.05) is 12.6 Å². The molecule has 0 saturated heterocycles.